The van der Waals surface area contributed by atoms with E-state index in [0.717, 1.165) is 35.3 Å². The number of nitrogens with one attached hydrogen (secondary N) is 1. The lowest BCUT2D eigenvalue weighted by molar-refractivity contribution is -0.159. The van der Waals surface area contributed by atoms with Gasteiger partial charge < -0.3 is 10.1 Å². The smallest absolute Gasteiger partial charge is 0.329 e. The van der Waals surface area contributed by atoms with Gasteiger partial charge in [-0.1, -0.05) is 12.1 Å². The molecule has 2 aliphatic carbocycles. The first-order valence-electron chi connectivity index (χ1n) is 10.2. The van der Waals surface area contributed by atoms with Gasteiger partial charge in [0.2, 0.25) is 11.8 Å². The first-order valence-corrected chi connectivity index (χ1v) is 10.2. The summed E-state index contributed by atoms with van der Waals surface area (Å²) in [7, 11) is 0. The molecule has 2 saturated carbocycles. The molecule has 1 N–H and O–H groups in total. The molecule has 0 spiro atoms. The normalized spacial score (nSPS) is 28.4. The van der Waals surface area contributed by atoms with Crippen molar-refractivity contribution in [1.82, 2.24) is 4.90 Å². The Morgan fingerprint density at radius 3 is 2.38 bits per heavy atom. The second-order valence-electron chi connectivity index (χ2n) is 8.58. The number of esters is 1. The fourth-order valence-electron chi connectivity index (χ4n) is 5.23. The molecule has 3 amide bonds. The maximum atomic E-state index is 12.8. The number of amides is 3. The number of anilines is 1. The van der Waals surface area contributed by atoms with Crippen LogP contribution in [0.2, 0.25) is 0 Å². The quantitative estimate of drug-likeness (QED) is 0.606. The van der Waals surface area contributed by atoms with E-state index in [1.807, 2.05) is 32.0 Å². The summed E-state index contributed by atoms with van der Waals surface area (Å²) in [6.45, 7) is 4.81. The maximum absolute atomic E-state index is 12.8. The van der Waals surface area contributed by atoms with Gasteiger partial charge in [-0.2, -0.15) is 0 Å². The largest absolute Gasteiger partial charge is 0.454 e. The fourth-order valence-corrected chi connectivity index (χ4v) is 5.23. The average Bonchev–Trinajstić information content (AvgIpc) is 3.36. The lowest BCUT2D eigenvalue weighted by Crippen LogP contribution is -2.45. The lowest BCUT2D eigenvalue weighted by Gasteiger charge is -2.23. The van der Waals surface area contributed by atoms with E-state index >= 15 is 0 Å². The summed E-state index contributed by atoms with van der Waals surface area (Å²) in [4.78, 5) is 51.3. The number of fused-ring (bicyclic) bond motifs is 5. The van der Waals surface area contributed by atoms with Gasteiger partial charge in [0.15, 0.2) is 6.61 Å². The summed E-state index contributed by atoms with van der Waals surface area (Å²) >= 11 is 0. The summed E-state index contributed by atoms with van der Waals surface area (Å²) in [6.07, 6.45) is 2.91. The highest BCUT2D eigenvalue weighted by Gasteiger charge is 2.62. The molecule has 3 fully saturated rings. The van der Waals surface area contributed by atoms with Gasteiger partial charge in [0, 0.05) is 5.69 Å². The molecule has 1 aromatic carbocycles. The first kappa shape index (κ1) is 19.6. The number of rotatable bonds is 5. The van der Waals surface area contributed by atoms with Gasteiger partial charge in [-0.15, -0.1) is 0 Å². The Hall–Kier alpha value is -2.70. The van der Waals surface area contributed by atoms with Crippen molar-refractivity contribution >= 4 is 29.4 Å². The highest BCUT2D eigenvalue weighted by atomic mass is 16.5. The minimum atomic E-state index is -1.02. The standard InChI is InChI=1S/C22H26N2O5/c1-11-4-5-12(2)16(8-11)23-17(25)10-29-22(28)13(3)24-20(26)18-14-6-7-15(9-14)19(18)21(24)27/h4-5,8,13-15,18-19H,6-7,9-10H2,1-3H3,(H,23,25)/t13-,14-,15+,18-,19-/m0/s1. The minimum Gasteiger partial charge on any atom is -0.454 e. The number of carbonyl (C=O) groups excluding carboxylic acids is 4. The molecule has 0 aromatic heterocycles. The highest BCUT2D eigenvalue weighted by Crippen LogP contribution is 2.56. The number of hydrogen-bond acceptors (Lipinski definition) is 5. The maximum Gasteiger partial charge on any atom is 0.329 e. The Morgan fingerprint density at radius 1 is 1.14 bits per heavy atom. The van der Waals surface area contributed by atoms with Crippen LogP contribution in [0.25, 0.3) is 0 Å². The molecule has 1 aromatic rings. The van der Waals surface area contributed by atoms with Crippen molar-refractivity contribution in [2.75, 3.05) is 11.9 Å². The van der Waals surface area contributed by atoms with Gasteiger partial charge in [0.1, 0.15) is 6.04 Å². The van der Waals surface area contributed by atoms with Crippen molar-refractivity contribution in [3.05, 3.63) is 29.3 Å². The van der Waals surface area contributed by atoms with Crippen LogP contribution in [0.1, 0.15) is 37.3 Å². The van der Waals surface area contributed by atoms with Crippen molar-refractivity contribution in [3.8, 4) is 0 Å². The second-order valence-corrected chi connectivity index (χ2v) is 8.58. The molecule has 4 rings (SSSR count). The van der Waals surface area contributed by atoms with E-state index in [-0.39, 0.29) is 35.5 Å². The summed E-state index contributed by atoms with van der Waals surface area (Å²) in [6, 6.07) is 4.66. The Bertz CT molecular complexity index is 867. The van der Waals surface area contributed by atoms with Crippen molar-refractivity contribution in [1.29, 1.82) is 0 Å². The molecule has 0 unspecified atom stereocenters. The van der Waals surface area contributed by atoms with Crippen LogP contribution in [-0.2, 0) is 23.9 Å². The average molecular weight is 398 g/mol. The summed E-state index contributed by atoms with van der Waals surface area (Å²) < 4.78 is 5.11. The predicted octanol–water partition coefficient (Wildman–Crippen LogP) is 2.20. The van der Waals surface area contributed by atoms with Crippen molar-refractivity contribution in [2.45, 2.75) is 46.1 Å². The van der Waals surface area contributed by atoms with Crippen LogP contribution in [0.3, 0.4) is 0 Å². The zero-order valence-corrected chi connectivity index (χ0v) is 16.9. The molecule has 154 valence electrons. The zero-order valence-electron chi connectivity index (χ0n) is 16.9. The van der Waals surface area contributed by atoms with Crippen molar-refractivity contribution in [3.63, 3.8) is 0 Å². The van der Waals surface area contributed by atoms with Crippen LogP contribution in [0.5, 0.6) is 0 Å². The molecule has 1 saturated heterocycles. The van der Waals surface area contributed by atoms with Crippen LogP contribution < -0.4 is 5.32 Å². The highest BCUT2D eigenvalue weighted by molar-refractivity contribution is 6.08. The van der Waals surface area contributed by atoms with Gasteiger partial charge >= 0.3 is 5.97 Å². The monoisotopic (exact) mass is 398 g/mol. The van der Waals surface area contributed by atoms with Gasteiger partial charge in [0.05, 0.1) is 11.8 Å². The number of aryl methyl sites for hydroxylation is 2. The Kier molecular flexibility index (Phi) is 4.92. The van der Waals surface area contributed by atoms with Crippen LogP contribution >= 0.6 is 0 Å². The zero-order chi connectivity index (χ0) is 20.9. The Labute approximate surface area is 169 Å². The number of carbonyl (C=O) groups is 4. The molecule has 0 radical (unpaired) electrons. The van der Waals surface area contributed by atoms with E-state index in [9.17, 15) is 19.2 Å². The number of hydrogen-bond donors (Lipinski definition) is 1. The van der Waals surface area contributed by atoms with E-state index in [4.69, 9.17) is 4.74 Å². The van der Waals surface area contributed by atoms with Crippen LogP contribution in [-0.4, -0.2) is 41.2 Å². The fraction of sp³-hybridized carbons (Fsp3) is 0.545. The van der Waals surface area contributed by atoms with E-state index in [1.54, 1.807) is 0 Å². The van der Waals surface area contributed by atoms with Crippen LogP contribution in [0, 0.1) is 37.5 Å². The first-order chi connectivity index (χ1) is 13.8. The molecule has 7 nitrogen and oxygen atoms in total. The van der Waals surface area contributed by atoms with Crippen molar-refractivity contribution in [2.24, 2.45) is 23.7 Å². The molecule has 3 aliphatic rings. The number of likely N-dealkylation sites (tertiary alicyclic amines) is 1. The lowest BCUT2D eigenvalue weighted by atomic mass is 9.81. The Balaban J connectivity index is 1.35. The molecule has 1 heterocycles. The third-order valence-corrected chi connectivity index (χ3v) is 6.70. The van der Waals surface area contributed by atoms with E-state index in [1.165, 1.54) is 6.92 Å². The van der Waals surface area contributed by atoms with Crippen LogP contribution in [0.4, 0.5) is 5.69 Å². The summed E-state index contributed by atoms with van der Waals surface area (Å²) in [5.74, 6) is -1.74. The topological polar surface area (TPSA) is 92.8 Å². The number of benzene rings is 1. The number of ether oxygens (including phenoxy) is 1. The van der Waals surface area contributed by atoms with Gasteiger partial charge in [-0.05, 0) is 69.1 Å². The van der Waals surface area contributed by atoms with Crippen molar-refractivity contribution < 1.29 is 23.9 Å². The second kappa shape index (κ2) is 7.28. The number of imide groups is 1. The molecule has 1 aliphatic heterocycles. The third-order valence-electron chi connectivity index (χ3n) is 6.70. The van der Waals surface area contributed by atoms with Crippen LogP contribution in [0.15, 0.2) is 18.2 Å². The number of nitrogens with zero attached hydrogens (tertiary/aromatic N) is 1. The van der Waals surface area contributed by atoms with E-state index < -0.39 is 24.5 Å². The molecular formula is C22H26N2O5. The van der Waals surface area contributed by atoms with E-state index in [0.29, 0.717) is 5.69 Å². The summed E-state index contributed by atoms with van der Waals surface area (Å²) in [5.41, 5.74) is 2.56. The van der Waals surface area contributed by atoms with Gasteiger partial charge in [0.25, 0.3) is 5.91 Å². The van der Waals surface area contributed by atoms with E-state index in [2.05, 4.69) is 5.32 Å². The molecule has 2 bridgehead atoms. The molecule has 29 heavy (non-hydrogen) atoms. The molecule has 7 heteroatoms. The van der Waals surface area contributed by atoms with Gasteiger partial charge in [-0.25, -0.2) is 4.79 Å². The minimum absolute atomic E-state index is 0.253. The van der Waals surface area contributed by atoms with Gasteiger partial charge in [-0.3, -0.25) is 19.3 Å². The summed E-state index contributed by atoms with van der Waals surface area (Å²) in [5, 5.41) is 2.72. The SMILES string of the molecule is Cc1ccc(C)c(NC(=O)COC(=O)[C@H](C)N2C(=O)[C@H]3[C@@H]4CC[C@@H](C4)[C@@H]3C2=O)c1. The molecule has 5 atom stereocenters. The predicted molar refractivity (Wildman–Crippen MR) is 105 cm³/mol. The Morgan fingerprint density at radius 2 is 1.76 bits per heavy atom. The third kappa shape index (κ3) is 3.32. The molecular weight excluding hydrogens is 372 g/mol.